The molecule has 1 aromatic heterocycles. The van der Waals surface area contributed by atoms with E-state index in [9.17, 15) is 0 Å². The number of aromatic nitrogens is 2. The van der Waals surface area contributed by atoms with Crippen LogP contribution in [0.3, 0.4) is 0 Å². The standard InChI is InChI=1S/C15H21N5O2/c1-21-13-4-3-11(9-14(13)22-2)5-7-17-15(16)18-10-12-6-8-19-20-12/h3-4,6,8-9H,5,7,10H2,1-2H3,(H,19,20)(H3,16,17,18). The fourth-order valence-electron chi connectivity index (χ4n) is 1.97. The lowest BCUT2D eigenvalue weighted by Crippen LogP contribution is -2.33. The Morgan fingerprint density at radius 2 is 2.09 bits per heavy atom. The lowest BCUT2D eigenvalue weighted by Gasteiger charge is -2.10. The summed E-state index contributed by atoms with van der Waals surface area (Å²) in [5.41, 5.74) is 7.87. The van der Waals surface area contributed by atoms with Gasteiger partial charge in [0.05, 0.1) is 26.5 Å². The molecule has 2 aromatic rings. The minimum absolute atomic E-state index is 0.412. The van der Waals surface area contributed by atoms with Crippen LogP contribution in [0, 0.1) is 0 Å². The first-order chi connectivity index (χ1) is 10.7. The predicted molar refractivity (Wildman–Crippen MR) is 85.2 cm³/mol. The molecule has 0 bridgehead atoms. The summed E-state index contributed by atoms with van der Waals surface area (Å²) in [7, 11) is 3.25. The Kier molecular flexibility index (Phi) is 5.65. The molecule has 0 fully saturated rings. The first-order valence-electron chi connectivity index (χ1n) is 6.96. The third-order valence-electron chi connectivity index (χ3n) is 3.15. The van der Waals surface area contributed by atoms with E-state index in [1.165, 1.54) is 0 Å². The van der Waals surface area contributed by atoms with E-state index in [1.807, 2.05) is 24.3 Å². The first-order valence-corrected chi connectivity index (χ1v) is 6.96. The van der Waals surface area contributed by atoms with Crippen molar-refractivity contribution in [1.29, 1.82) is 0 Å². The second-order valence-corrected chi connectivity index (χ2v) is 4.65. The van der Waals surface area contributed by atoms with Gasteiger partial charge in [-0.2, -0.15) is 5.10 Å². The van der Waals surface area contributed by atoms with Gasteiger partial charge in [0.25, 0.3) is 0 Å². The van der Waals surface area contributed by atoms with Crippen LogP contribution in [0.2, 0.25) is 0 Å². The Labute approximate surface area is 129 Å². The maximum absolute atomic E-state index is 5.82. The number of nitrogens with one attached hydrogen (secondary N) is 2. The van der Waals surface area contributed by atoms with Gasteiger partial charge in [0.15, 0.2) is 17.5 Å². The van der Waals surface area contributed by atoms with Crippen LogP contribution in [0.15, 0.2) is 35.5 Å². The molecule has 0 amide bonds. The second-order valence-electron chi connectivity index (χ2n) is 4.65. The summed E-state index contributed by atoms with van der Waals surface area (Å²) in [6.45, 7) is 1.17. The van der Waals surface area contributed by atoms with E-state index in [4.69, 9.17) is 15.2 Å². The van der Waals surface area contributed by atoms with Crippen molar-refractivity contribution in [3.8, 4) is 11.5 Å². The van der Waals surface area contributed by atoms with Crippen molar-refractivity contribution in [2.75, 3.05) is 20.8 Å². The molecule has 22 heavy (non-hydrogen) atoms. The number of guanidine groups is 1. The average Bonchev–Trinajstić information content (AvgIpc) is 3.06. The van der Waals surface area contributed by atoms with E-state index >= 15 is 0 Å². The lowest BCUT2D eigenvalue weighted by molar-refractivity contribution is 0.354. The largest absolute Gasteiger partial charge is 0.493 e. The number of aliphatic imine (C=N–C) groups is 1. The van der Waals surface area contributed by atoms with Gasteiger partial charge in [0.1, 0.15) is 0 Å². The average molecular weight is 303 g/mol. The molecule has 0 spiro atoms. The van der Waals surface area contributed by atoms with Crippen LogP contribution in [0.1, 0.15) is 11.3 Å². The van der Waals surface area contributed by atoms with Crippen LogP contribution in [0.25, 0.3) is 0 Å². The van der Waals surface area contributed by atoms with Crippen molar-refractivity contribution in [2.24, 2.45) is 10.7 Å². The molecule has 1 heterocycles. The number of methoxy groups -OCH3 is 2. The highest BCUT2D eigenvalue weighted by atomic mass is 16.5. The highest BCUT2D eigenvalue weighted by molar-refractivity contribution is 5.77. The zero-order chi connectivity index (χ0) is 15.8. The summed E-state index contributed by atoms with van der Waals surface area (Å²) in [6, 6.07) is 7.71. The topological polar surface area (TPSA) is 97.5 Å². The van der Waals surface area contributed by atoms with E-state index in [0.29, 0.717) is 19.0 Å². The normalized spacial score (nSPS) is 11.3. The van der Waals surface area contributed by atoms with Crippen molar-refractivity contribution in [3.63, 3.8) is 0 Å². The zero-order valence-corrected chi connectivity index (χ0v) is 12.8. The molecular formula is C15H21N5O2. The summed E-state index contributed by atoms with van der Waals surface area (Å²) < 4.78 is 10.5. The minimum Gasteiger partial charge on any atom is -0.493 e. The molecule has 0 radical (unpaired) electrons. The third-order valence-corrected chi connectivity index (χ3v) is 3.15. The number of ether oxygens (including phenoxy) is 2. The molecule has 0 aliphatic carbocycles. The number of aromatic amines is 1. The van der Waals surface area contributed by atoms with Crippen LogP contribution in [0.5, 0.6) is 11.5 Å². The predicted octanol–water partition coefficient (Wildman–Crippen LogP) is 1.07. The molecule has 1 aromatic carbocycles. The van der Waals surface area contributed by atoms with Gasteiger partial charge in [0.2, 0.25) is 0 Å². The monoisotopic (exact) mass is 303 g/mol. The maximum Gasteiger partial charge on any atom is 0.188 e. The van der Waals surface area contributed by atoms with Crippen molar-refractivity contribution >= 4 is 5.96 Å². The fourth-order valence-corrected chi connectivity index (χ4v) is 1.97. The Morgan fingerprint density at radius 1 is 1.27 bits per heavy atom. The van der Waals surface area contributed by atoms with Crippen molar-refractivity contribution < 1.29 is 9.47 Å². The minimum atomic E-state index is 0.412. The molecule has 2 rings (SSSR count). The molecule has 0 saturated heterocycles. The molecule has 4 N–H and O–H groups in total. The van der Waals surface area contributed by atoms with E-state index in [2.05, 4.69) is 20.5 Å². The highest BCUT2D eigenvalue weighted by Crippen LogP contribution is 2.27. The number of hydrogen-bond acceptors (Lipinski definition) is 4. The van der Waals surface area contributed by atoms with E-state index in [1.54, 1.807) is 20.4 Å². The number of H-pyrrole nitrogens is 1. The van der Waals surface area contributed by atoms with Gasteiger partial charge >= 0.3 is 0 Å². The summed E-state index contributed by atoms with van der Waals surface area (Å²) in [5, 5.41) is 9.77. The number of benzene rings is 1. The number of rotatable bonds is 7. The molecule has 0 saturated carbocycles. The van der Waals surface area contributed by atoms with Crippen LogP contribution in [-0.2, 0) is 13.0 Å². The molecular weight excluding hydrogens is 282 g/mol. The van der Waals surface area contributed by atoms with Gasteiger partial charge < -0.3 is 20.5 Å². The smallest absolute Gasteiger partial charge is 0.188 e. The number of nitrogens with two attached hydrogens (primary N) is 1. The number of nitrogens with zero attached hydrogens (tertiary/aromatic N) is 2. The third kappa shape index (κ3) is 4.41. The Morgan fingerprint density at radius 3 is 2.77 bits per heavy atom. The Hall–Kier alpha value is -2.70. The van der Waals surface area contributed by atoms with E-state index in [0.717, 1.165) is 29.2 Å². The molecule has 0 unspecified atom stereocenters. The van der Waals surface area contributed by atoms with Gasteiger partial charge in [-0.15, -0.1) is 0 Å². The lowest BCUT2D eigenvalue weighted by atomic mass is 10.1. The van der Waals surface area contributed by atoms with Crippen LogP contribution < -0.4 is 20.5 Å². The Balaban J connectivity index is 1.81. The van der Waals surface area contributed by atoms with Gasteiger partial charge in [-0.1, -0.05) is 6.07 Å². The summed E-state index contributed by atoms with van der Waals surface area (Å²) in [4.78, 5) is 4.23. The van der Waals surface area contributed by atoms with Crippen LogP contribution in [-0.4, -0.2) is 36.9 Å². The van der Waals surface area contributed by atoms with Gasteiger partial charge in [-0.25, -0.2) is 4.99 Å². The number of hydrogen-bond donors (Lipinski definition) is 3. The zero-order valence-electron chi connectivity index (χ0n) is 12.8. The SMILES string of the molecule is COc1ccc(CCNC(N)=NCc2ccn[nH]2)cc1OC. The molecule has 0 aliphatic heterocycles. The van der Waals surface area contributed by atoms with E-state index < -0.39 is 0 Å². The maximum atomic E-state index is 5.82. The summed E-state index contributed by atoms with van der Waals surface area (Å²) >= 11 is 0. The van der Waals surface area contributed by atoms with Crippen molar-refractivity contribution in [1.82, 2.24) is 15.5 Å². The Bertz CT molecular complexity index is 610. The highest BCUT2D eigenvalue weighted by Gasteiger charge is 2.04. The summed E-state index contributed by atoms with van der Waals surface area (Å²) in [6.07, 6.45) is 2.49. The van der Waals surface area contributed by atoms with Gasteiger partial charge in [-0.3, -0.25) is 5.10 Å². The molecule has 118 valence electrons. The van der Waals surface area contributed by atoms with Gasteiger partial charge in [0, 0.05) is 12.7 Å². The van der Waals surface area contributed by atoms with E-state index in [-0.39, 0.29) is 0 Å². The van der Waals surface area contributed by atoms with Crippen molar-refractivity contribution in [3.05, 3.63) is 41.7 Å². The van der Waals surface area contributed by atoms with Crippen LogP contribution in [0.4, 0.5) is 0 Å². The molecule has 7 nitrogen and oxygen atoms in total. The summed E-state index contributed by atoms with van der Waals surface area (Å²) in [5.74, 6) is 1.86. The first kappa shape index (κ1) is 15.7. The van der Waals surface area contributed by atoms with Crippen molar-refractivity contribution in [2.45, 2.75) is 13.0 Å². The quantitative estimate of drug-likeness (QED) is 0.525. The second kappa shape index (κ2) is 7.92. The fraction of sp³-hybridized carbons (Fsp3) is 0.333. The molecule has 0 atom stereocenters. The van der Waals surface area contributed by atoms with Crippen LogP contribution >= 0.6 is 0 Å². The van der Waals surface area contributed by atoms with Gasteiger partial charge in [-0.05, 0) is 30.2 Å². The molecule has 7 heteroatoms. The molecule has 0 aliphatic rings.